The molecule has 8 unspecified atom stereocenters. The van der Waals surface area contributed by atoms with Gasteiger partial charge in [-0.2, -0.15) is 22.2 Å². The molecule has 0 spiro atoms. The molecule has 4 aliphatic carbocycles. The van der Waals surface area contributed by atoms with Crippen LogP contribution in [0.25, 0.3) is 0 Å². The fourth-order valence-corrected chi connectivity index (χ4v) is 14.9. The highest BCUT2D eigenvalue weighted by molar-refractivity contribution is 7.21. The molecule has 0 radical (unpaired) electrons. The third kappa shape index (κ3) is 3.47. The lowest BCUT2D eigenvalue weighted by molar-refractivity contribution is -0.174. The van der Waals surface area contributed by atoms with Gasteiger partial charge >= 0.3 is 23.9 Å². The van der Waals surface area contributed by atoms with Crippen LogP contribution < -0.4 is 0 Å². The van der Waals surface area contributed by atoms with Crippen LogP contribution in [-0.4, -0.2) is 48.9 Å². The van der Waals surface area contributed by atoms with E-state index in [1.165, 1.54) is 0 Å². The second-order valence-electron chi connectivity index (χ2n) is 11.7. The maximum Gasteiger partial charge on any atom is 0.317 e. The van der Waals surface area contributed by atoms with Crippen molar-refractivity contribution in [3.8, 4) is 0 Å². The van der Waals surface area contributed by atoms with Gasteiger partial charge in [0.2, 0.25) is 0 Å². The topological polar surface area (TPSA) is 118 Å². The number of carboxylic acid groups (broad SMARTS) is 2. The highest BCUT2D eigenvalue weighted by atomic mass is 35.6. The van der Waals surface area contributed by atoms with Crippen molar-refractivity contribution in [3.05, 3.63) is 0 Å². The van der Waals surface area contributed by atoms with Crippen LogP contribution in [0.2, 0.25) is 36.3 Å². The Bertz CT molecular complexity index is 841. The molecule has 4 saturated carbocycles. The predicted molar refractivity (Wildman–Crippen MR) is 127 cm³/mol. The van der Waals surface area contributed by atoms with Crippen molar-refractivity contribution in [3.63, 3.8) is 0 Å². The number of ether oxygens (including phenoxy) is 1. The summed E-state index contributed by atoms with van der Waals surface area (Å²) in [7, 11) is -5.06. The molecule has 4 bridgehead atoms. The zero-order valence-corrected chi connectivity index (χ0v) is 22.9. The molecule has 4 aliphatic rings. The van der Waals surface area contributed by atoms with Crippen LogP contribution in [0.15, 0.2) is 0 Å². The van der Waals surface area contributed by atoms with Gasteiger partial charge in [0, 0.05) is 0 Å². The normalized spacial score (nSPS) is 41.9. The van der Waals surface area contributed by atoms with Gasteiger partial charge < -0.3 is 14.9 Å². The number of rotatable bonds is 6. The van der Waals surface area contributed by atoms with Crippen molar-refractivity contribution in [1.29, 1.82) is 0 Å². The number of aliphatic carboxylic acids is 2. The summed E-state index contributed by atoms with van der Waals surface area (Å²) in [6.45, 7) is 7.65. The van der Waals surface area contributed by atoms with Crippen molar-refractivity contribution in [1.82, 2.24) is 0 Å². The van der Waals surface area contributed by atoms with E-state index in [1.54, 1.807) is 0 Å². The summed E-state index contributed by atoms with van der Waals surface area (Å²) >= 11 is 13.7. The second kappa shape index (κ2) is 7.80. The van der Waals surface area contributed by atoms with Gasteiger partial charge in [0.25, 0.3) is 0 Å². The maximum absolute atomic E-state index is 13.5. The Morgan fingerprint density at radius 3 is 1.36 bits per heavy atom. The summed E-state index contributed by atoms with van der Waals surface area (Å²) in [6, 6.07) is 0. The van der Waals surface area contributed by atoms with Crippen LogP contribution in [0.5, 0.6) is 0 Å². The first-order valence-corrected chi connectivity index (χ1v) is 19.7. The monoisotopic (exact) mass is 534 g/mol. The molecule has 8 atom stereocenters. The molecular weight excluding hydrogens is 503 g/mol. The average molecular weight is 536 g/mol. The Labute approximate surface area is 205 Å². The molecule has 33 heavy (non-hydrogen) atoms. The summed E-state index contributed by atoms with van der Waals surface area (Å²) in [5, 5.41) is 18.5. The number of hydrogen-bond acceptors (Lipinski definition) is 5. The van der Waals surface area contributed by atoms with Gasteiger partial charge in [0.1, 0.15) is 0 Å². The lowest BCUT2D eigenvalue weighted by Gasteiger charge is -2.44. The molecule has 0 aromatic heterocycles. The Morgan fingerprint density at radius 2 is 1.09 bits per heavy atom. The van der Waals surface area contributed by atoms with Crippen molar-refractivity contribution in [2.75, 3.05) is 0 Å². The second-order valence-corrected chi connectivity index (χ2v) is 25.2. The minimum Gasteiger partial charge on any atom is -0.481 e. The molecule has 4 rings (SSSR count). The molecule has 0 aromatic carbocycles. The number of carbonyl (C=O) groups excluding carboxylic acids is 2. The van der Waals surface area contributed by atoms with Gasteiger partial charge in [-0.1, -0.05) is 26.2 Å². The molecule has 0 saturated heterocycles. The van der Waals surface area contributed by atoms with Crippen LogP contribution in [0.4, 0.5) is 0 Å². The van der Waals surface area contributed by atoms with Crippen LogP contribution >= 0.6 is 22.2 Å². The zero-order chi connectivity index (χ0) is 24.7. The molecular formula is C22H32Cl2O7Si2. The van der Waals surface area contributed by atoms with Crippen LogP contribution in [0.1, 0.15) is 38.5 Å². The Morgan fingerprint density at radius 1 is 0.758 bits per heavy atom. The van der Waals surface area contributed by atoms with E-state index in [-0.39, 0.29) is 11.8 Å². The fraction of sp³-hybridized carbons (Fsp3) is 0.818. The zero-order valence-electron chi connectivity index (χ0n) is 19.4. The highest BCUT2D eigenvalue weighted by Crippen LogP contribution is 2.72. The van der Waals surface area contributed by atoms with Gasteiger partial charge in [0.05, 0.1) is 23.7 Å². The van der Waals surface area contributed by atoms with Crippen molar-refractivity contribution >= 4 is 60.8 Å². The van der Waals surface area contributed by atoms with E-state index in [0.717, 1.165) is 0 Å². The summed E-state index contributed by atoms with van der Waals surface area (Å²) < 4.78 is 5.45. The quantitative estimate of drug-likeness (QED) is 0.219. The van der Waals surface area contributed by atoms with Crippen molar-refractivity contribution < 1.29 is 34.1 Å². The van der Waals surface area contributed by atoms with E-state index < -0.39 is 72.4 Å². The van der Waals surface area contributed by atoms with E-state index in [0.29, 0.717) is 38.5 Å². The smallest absolute Gasteiger partial charge is 0.317 e. The van der Waals surface area contributed by atoms with Crippen molar-refractivity contribution in [2.24, 2.45) is 35.5 Å². The largest absolute Gasteiger partial charge is 0.481 e. The number of hydrogen-bond donors (Lipinski definition) is 2. The third-order valence-corrected chi connectivity index (χ3v) is 18.3. The Balaban J connectivity index is 1.67. The number of halogens is 2. The van der Waals surface area contributed by atoms with E-state index in [2.05, 4.69) is 0 Å². The minimum absolute atomic E-state index is 0.171. The Hall–Kier alpha value is -0.906. The molecule has 7 nitrogen and oxygen atoms in total. The van der Waals surface area contributed by atoms with Gasteiger partial charge in [0.15, 0.2) is 14.8 Å². The molecule has 2 N–H and O–H groups in total. The van der Waals surface area contributed by atoms with Crippen LogP contribution in [0, 0.1) is 35.5 Å². The molecule has 0 aromatic rings. The maximum atomic E-state index is 13.5. The molecule has 0 aliphatic heterocycles. The van der Waals surface area contributed by atoms with Crippen LogP contribution in [0.3, 0.4) is 0 Å². The molecule has 4 fully saturated rings. The number of carboxylic acids is 2. The molecule has 0 amide bonds. The molecule has 0 heterocycles. The number of esters is 2. The standard InChI is InChI=1S/C22H32Cl2O7Si2/c1-32(2,23)21-7-5-11(9-21)13(17(25)26)15(21)19(29)31-20(30)16-14(18(27)28)12-6-8-22(16,10-12)33(3,4)24/h11-16H,5-10H2,1-4H3,(H,25,26)(H,27,28). The summed E-state index contributed by atoms with van der Waals surface area (Å²) in [5.41, 5.74) is 0. The average Bonchev–Trinajstić information content (AvgIpc) is 3.42. The summed E-state index contributed by atoms with van der Waals surface area (Å²) in [4.78, 5) is 51.3. The summed E-state index contributed by atoms with van der Waals surface area (Å²) in [6.07, 6.45) is 3.78. The minimum atomic E-state index is -2.53. The first-order valence-electron chi connectivity index (χ1n) is 11.7. The van der Waals surface area contributed by atoms with Crippen molar-refractivity contribution in [2.45, 2.75) is 74.8 Å². The van der Waals surface area contributed by atoms with E-state index >= 15 is 0 Å². The summed E-state index contributed by atoms with van der Waals surface area (Å²) in [5.74, 6) is -8.04. The lowest BCUT2D eigenvalue weighted by atomic mass is 9.77. The first kappa shape index (κ1) is 25.2. The number of fused-ring (bicyclic) bond motifs is 4. The molecule has 184 valence electrons. The van der Waals surface area contributed by atoms with E-state index in [4.69, 9.17) is 26.9 Å². The lowest BCUT2D eigenvalue weighted by Crippen LogP contribution is -2.50. The van der Waals surface area contributed by atoms with E-state index in [9.17, 15) is 29.4 Å². The predicted octanol–water partition coefficient (Wildman–Crippen LogP) is 4.69. The number of carbonyl (C=O) groups is 4. The Kier molecular flexibility index (Phi) is 5.95. The van der Waals surface area contributed by atoms with Gasteiger partial charge in [-0.15, -0.1) is 0 Å². The van der Waals surface area contributed by atoms with E-state index in [1.807, 2.05) is 26.2 Å². The van der Waals surface area contributed by atoms with Crippen LogP contribution in [-0.2, 0) is 23.9 Å². The van der Waals surface area contributed by atoms with Gasteiger partial charge in [-0.25, -0.2) is 0 Å². The highest BCUT2D eigenvalue weighted by Gasteiger charge is 2.71. The van der Waals surface area contributed by atoms with Gasteiger partial charge in [-0.05, 0) is 60.4 Å². The molecule has 11 heteroatoms. The van der Waals surface area contributed by atoms with Gasteiger partial charge in [-0.3, -0.25) is 19.2 Å². The SMILES string of the molecule is C[Si](C)(Cl)C12CCC(C1)C(C(=O)O)C2C(=O)OC(=O)C1C(C(=O)O)C2CCC1([Si](C)(C)Cl)C2. The first-order chi connectivity index (χ1) is 15.1. The third-order valence-electron chi connectivity index (χ3n) is 9.75. The fourth-order valence-electron chi connectivity index (χ4n) is 8.12.